The highest BCUT2D eigenvalue weighted by Crippen LogP contribution is 2.39. The van der Waals surface area contributed by atoms with Gasteiger partial charge in [-0.3, -0.25) is 19.7 Å². The molecule has 1 atom stereocenters. The number of carbonyl (C=O) groups excluding carboxylic acids is 2. The molecule has 4 rings (SSSR count). The lowest BCUT2D eigenvalue weighted by Gasteiger charge is -2.26. The number of carbonyl (C=O) groups is 2. The highest BCUT2D eigenvalue weighted by atomic mass is 16.6. The van der Waals surface area contributed by atoms with E-state index in [1.165, 1.54) is 43.4 Å². The number of ether oxygens (including phenoxy) is 2. The minimum Gasteiger partial charge on any atom is -0.503 e. The number of rotatable bonds is 10. The highest BCUT2D eigenvalue weighted by molar-refractivity contribution is 6.14. The summed E-state index contributed by atoms with van der Waals surface area (Å²) >= 11 is 0. The van der Waals surface area contributed by atoms with Gasteiger partial charge in [-0.25, -0.2) is 0 Å². The molecule has 0 fully saturated rings. The normalized spacial score (nSPS) is 15.3. The molecule has 1 amide bonds. The van der Waals surface area contributed by atoms with E-state index in [2.05, 4.69) is 0 Å². The Kier molecular flexibility index (Phi) is 7.86. The van der Waals surface area contributed by atoms with Crippen LogP contribution in [0.3, 0.4) is 0 Å². The SMILES string of the molecule is COc1ccc(CCN2C(=O)C(O)=C(C(=O)/C=C/c3ccccc3)[C@@H]2c2cccc([N+](=O)[O-])c2)cc1OC. The lowest BCUT2D eigenvalue weighted by molar-refractivity contribution is -0.384. The summed E-state index contributed by atoms with van der Waals surface area (Å²) in [4.78, 5) is 38.8. The van der Waals surface area contributed by atoms with E-state index in [1.807, 2.05) is 36.4 Å². The Morgan fingerprint density at radius 1 is 1.03 bits per heavy atom. The van der Waals surface area contributed by atoms with Crippen molar-refractivity contribution in [2.45, 2.75) is 12.5 Å². The van der Waals surface area contributed by atoms with Gasteiger partial charge >= 0.3 is 0 Å². The van der Waals surface area contributed by atoms with Gasteiger partial charge in [-0.15, -0.1) is 0 Å². The zero-order valence-electron chi connectivity index (χ0n) is 20.9. The average Bonchev–Trinajstić information content (AvgIpc) is 3.20. The third-order valence-corrected chi connectivity index (χ3v) is 6.28. The van der Waals surface area contributed by atoms with E-state index in [0.717, 1.165) is 11.1 Å². The van der Waals surface area contributed by atoms with Gasteiger partial charge < -0.3 is 19.5 Å². The number of hydrogen-bond donors (Lipinski definition) is 1. The summed E-state index contributed by atoms with van der Waals surface area (Å²) in [5, 5.41) is 22.3. The quantitative estimate of drug-likeness (QED) is 0.234. The number of benzene rings is 3. The van der Waals surface area contributed by atoms with Crippen LogP contribution in [0.5, 0.6) is 11.5 Å². The van der Waals surface area contributed by atoms with E-state index in [-0.39, 0.29) is 17.8 Å². The highest BCUT2D eigenvalue weighted by Gasteiger charge is 2.43. The van der Waals surface area contributed by atoms with E-state index in [9.17, 15) is 24.8 Å². The zero-order valence-corrected chi connectivity index (χ0v) is 20.9. The van der Waals surface area contributed by atoms with Gasteiger partial charge in [0, 0.05) is 18.7 Å². The van der Waals surface area contributed by atoms with E-state index < -0.39 is 28.4 Å². The van der Waals surface area contributed by atoms with Crippen molar-refractivity contribution >= 4 is 23.5 Å². The summed E-state index contributed by atoms with van der Waals surface area (Å²) < 4.78 is 10.6. The van der Waals surface area contributed by atoms with Crippen molar-refractivity contribution < 1.29 is 29.1 Å². The Morgan fingerprint density at radius 3 is 2.45 bits per heavy atom. The Hall–Kier alpha value is -4.92. The molecule has 1 aliphatic heterocycles. The molecule has 0 bridgehead atoms. The number of ketones is 1. The lowest BCUT2D eigenvalue weighted by atomic mass is 9.95. The largest absolute Gasteiger partial charge is 0.503 e. The number of non-ortho nitro benzene ring substituents is 1. The topological polar surface area (TPSA) is 119 Å². The van der Waals surface area contributed by atoms with Crippen LogP contribution in [0.4, 0.5) is 5.69 Å². The molecule has 0 radical (unpaired) electrons. The molecule has 9 heteroatoms. The van der Waals surface area contributed by atoms with Gasteiger partial charge in [-0.1, -0.05) is 54.6 Å². The molecule has 0 aliphatic carbocycles. The van der Waals surface area contributed by atoms with Crippen LogP contribution in [0.1, 0.15) is 22.7 Å². The second-order valence-corrected chi connectivity index (χ2v) is 8.56. The number of nitrogens with zero attached hydrogens (tertiary/aromatic N) is 2. The number of amides is 1. The first-order valence-electron chi connectivity index (χ1n) is 11.8. The molecule has 1 aliphatic rings. The van der Waals surface area contributed by atoms with Gasteiger partial charge in [-0.05, 0) is 41.3 Å². The molecule has 0 saturated carbocycles. The first-order chi connectivity index (χ1) is 18.3. The number of aliphatic hydroxyl groups excluding tert-OH is 1. The van der Waals surface area contributed by atoms with Gasteiger partial charge in [0.15, 0.2) is 23.0 Å². The van der Waals surface area contributed by atoms with Gasteiger partial charge in [0.25, 0.3) is 11.6 Å². The minimum absolute atomic E-state index is 0.130. The van der Waals surface area contributed by atoms with E-state index in [1.54, 1.807) is 24.3 Å². The summed E-state index contributed by atoms with van der Waals surface area (Å²) in [7, 11) is 3.05. The smallest absolute Gasteiger partial charge is 0.290 e. The van der Waals surface area contributed by atoms with Crippen LogP contribution in [0.25, 0.3) is 6.08 Å². The van der Waals surface area contributed by atoms with E-state index >= 15 is 0 Å². The zero-order chi connectivity index (χ0) is 27.2. The first kappa shape index (κ1) is 26.2. The standard InChI is InChI=1S/C29H26N2O7/c1-37-24-14-12-20(17-25(24)38-2)15-16-30-27(21-9-6-10-22(18-21)31(35)36)26(28(33)29(30)34)23(32)13-11-19-7-4-3-5-8-19/h3-14,17-18,27,33H,15-16H2,1-2H3/b13-11+/t27-/m0/s1. The van der Waals surface area contributed by atoms with Gasteiger partial charge in [0.1, 0.15) is 0 Å². The van der Waals surface area contributed by atoms with Gasteiger partial charge in [0.2, 0.25) is 0 Å². The molecule has 3 aromatic rings. The summed E-state index contributed by atoms with van der Waals surface area (Å²) in [6.07, 6.45) is 3.24. The molecule has 3 aromatic carbocycles. The Balaban J connectivity index is 1.69. The number of methoxy groups -OCH3 is 2. The second-order valence-electron chi connectivity index (χ2n) is 8.56. The van der Waals surface area contributed by atoms with Crippen LogP contribution in [0, 0.1) is 10.1 Å². The van der Waals surface area contributed by atoms with Crippen LogP contribution in [0.15, 0.2) is 90.2 Å². The maximum Gasteiger partial charge on any atom is 0.290 e. The number of allylic oxidation sites excluding steroid dienone is 1. The third-order valence-electron chi connectivity index (χ3n) is 6.28. The van der Waals surface area contributed by atoms with E-state index in [0.29, 0.717) is 23.5 Å². The van der Waals surface area contributed by atoms with Crippen molar-refractivity contribution in [2.75, 3.05) is 20.8 Å². The summed E-state index contributed by atoms with van der Waals surface area (Å²) in [6.45, 7) is 0.130. The molecule has 0 aromatic heterocycles. The Morgan fingerprint density at radius 2 is 1.76 bits per heavy atom. The van der Waals surface area contributed by atoms with E-state index in [4.69, 9.17) is 9.47 Å². The second kappa shape index (κ2) is 11.4. The molecule has 0 unspecified atom stereocenters. The number of nitro groups is 1. The van der Waals surface area contributed by atoms with Crippen molar-refractivity contribution in [1.82, 2.24) is 4.90 Å². The van der Waals surface area contributed by atoms with Crippen LogP contribution in [-0.4, -0.2) is 47.4 Å². The molecule has 194 valence electrons. The number of hydrogen-bond acceptors (Lipinski definition) is 7. The molecule has 0 saturated heterocycles. The van der Waals surface area contributed by atoms with Crippen LogP contribution >= 0.6 is 0 Å². The molecular formula is C29H26N2O7. The number of aliphatic hydroxyl groups is 1. The Bertz CT molecular complexity index is 1430. The fourth-order valence-corrected chi connectivity index (χ4v) is 4.40. The van der Waals surface area contributed by atoms with Gasteiger partial charge in [-0.2, -0.15) is 0 Å². The fraction of sp³-hybridized carbons (Fsp3) is 0.172. The maximum absolute atomic E-state index is 13.3. The van der Waals surface area contributed by atoms with Crippen molar-refractivity contribution in [1.29, 1.82) is 0 Å². The number of nitro benzene ring substituents is 1. The molecule has 1 heterocycles. The molecule has 9 nitrogen and oxygen atoms in total. The lowest BCUT2D eigenvalue weighted by Crippen LogP contribution is -2.33. The van der Waals surface area contributed by atoms with Crippen LogP contribution in [-0.2, 0) is 16.0 Å². The summed E-state index contributed by atoms with van der Waals surface area (Å²) in [6, 6.07) is 19.2. The predicted octanol–water partition coefficient (Wildman–Crippen LogP) is 4.83. The Labute approximate surface area is 219 Å². The van der Waals surface area contributed by atoms with Gasteiger partial charge in [0.05, 0.1) is 30.8 Å². The average molecular weight is 515 g/mol. The molecule has 0 spiro atoms. The predicted molar refractivity (Wildman–Crippen MR) is 141 cm³/mol. The molecule has 1 N–H and O–H groups in total. The monoisotopic (exact) mass is 514 g/mol. The van der Waals surface area contributed by atoms with Crippen LogP contribution < -0.4 is 9.47 Å². The van der Waals surface area contributed by atoms with Crippen molar-refractivity contribution in [3.8, 4) is 11.5 Å². The minimum atomic E-state index is -1.00. The fourth-order valence-electron chi connectivity index (χ4n) is 4.40. The maximum atomic E-state index is 13.3. The van der Waals surface area contributed by atoms with Crippen LogP contribution in [0.2, 0.25) is 0 Å². The molecule has 38 heavy (non-hydrogen) atoms. The summed E-state index contributed by atoms with van der Waals surface area (Å²) in [5.74, 6) is -0.879. The first-order valence-corrected chi connectivity index (χ1v) is 11.8. The summed E-state index contributed by atoms with van der Waals surface area (Å²) in [5.41, 5.74) is 1.63. The third kappa shape index (κ3) is 5.41. The van der Waals surface area contributed by atoms with Crippen molar-refractivity contribution in [3.63, 3.8) is 0 Å². The van der Waals surface area contributed by atoms with Crippen molar-refractivity contribution in [2.24, 2.45) is 0 Å². The molecular weight excluding hydrogens is 488 g/mol. The van der Waals surface area contributed by atoms with Crippen molar-refractivity contribution in [3.05, 3.63) is 117 Å².